The van der Waals surface area contributed by atoms with Gasteiger partial charge in [-0.2, -0.15) is 4.98 Å². The number of aromatic nitrogens is 2. The van der Waals surface area contributed by atoms with Crippen molar-refractivity contribution in [3.8, 4) is 5.75 Å². The first kappa shape index (κ1) is 24.9. The highest BCUT2D eigenvalue weighted by atomic mass is 35.5. The second kappa shape index (κ2) is 9.72. The molecule has 1 aromatic heterocycles. The number of ether oxygens (including phenoxy) is 2. The lowest BCUT2D eigenvalue weighted by Crippen LogP contribution is -2.38. The minimum absolute atomic E-state index is 0.00345. The highest BCUT2D eigenvalue weighted by Gasteiger charge is 2.42. The van der Waals surface area contributed by atoms with Crippen LogP contribution in [0.4, 0.5) is 23.1 Å². The van der Waals surface area contributed by atoms with E-state index in [-0.39, 0.29) is 12.5 Å². The minimum Gasteiger partial charge on any atom is -0.483 e. The van der Waals surface area contributed by atoms with Crippen LogP contribution in [0.5, 0.6) is 5.75 Å². The second-order valence-electron chi connectivity index (χ2n) is 10.6. The molecule has 0 spiro atoms. The van der Waals surface area contributed by atoms with E-state index < -0.39 is 11.4 Å². The molecule has 0 aliphatic carbocycles. The summed E-state index contributed by atoms with van der Waals surface area (Å²) < 4.78 is 11.6. The maximum absolute atomic E-state index is 11.7. The number of fused-ring (bicyclic) bond motifs is 2. The Bertz CT molecular complexity index is 1400. The van der Waals surface area contributed by atoms with Gasteiger partial charge < -0.3 is 29.7 Å². The molecule has 4 heterocycles. The first-order valence-corrected chi connectivity index (χ1v) is 13.1. The van der Waals surface area contributed by atoms with Crippen LogP contribution in [0, 0.1) is 0 Å². The normalized spacial score (nSPS) is 21.0. The lowest BCUT2D eigenvalue weighted by atomic mass is 9.81. The molecule has 38 heavy (non-hydrogen) atoms. The van der Waals surface area contributed by atoms with Gasteiger partial charge in [-0.1, -0.05) is 36.7 Å². The van der Waals surface area contributed by atoms with Crippen LogP contribution in [0.1, 0.15) is 30.0 Å². The molecule has 0 amide bonds. The summed E-state index contributed by atoms with van der Waals surface area (Å²) in [5.74, 6) is 0.816. The molecule has 1 unspecified atom stereocenters. The van der Waals surface area contributed by atoms with Crippen molar-refractivity contribution < 1.29 is 19.4 Å². The third-order valence-corrected chi connectivity index (χ3v) is 7.79. The Kier molecular flexibility index (Phi) is 6.37. The largest absolute Gasteiger partial charge is 0.483 e. The third kappa shape index (κ3) is 4.66. The highest BCUT2D eigenvalue weighted by Crippen LogP contribution is 2.47. The lowest BCUT2D eigenvalue weighted by molar-refractivity contribution is -0.138. The summed E-state index contributed by atoms with van der Waals surface area (Å²) in [4.78, 5) is 25.2. The molecule has 1 saturated heterocycles. The van der Waals surface area contributed by atoms with Crippen molar-refractivity contribution in [2.24, 2.45) is 0 Å². The predicted molar refractivity (Wildman–Crippen MR) is 145 cm³/mol. The molecule has 3 aliphatic heterocycles. The number of nitrogens with one attached hydrogen (secondary N) is 1. The number of halogens is 1. The second-order valence-corrected chi connectivity index (χ2v) is 11.0. The van der Waals surface area contributed by atoms with E-state index >= 15 is 0 Å². The number of anilines is 4. The van der Waals surface area contributed by atoms with Gasteiger partial charge in [0.25, 0.3) is 0 Å². The summed E-state index contributed by atoms with van der Waals surface area (Å²) in [5.41, 5.74) is 4.59. The van der Waals surface area contributed by atoms with E-state index in [2.05, 4.69) is 34.4 Å². The number of carbonyl (C=O) groups is 1. The number of carboxylic acids is 1. The van der Waals surface area contributed by atoms with Crippen LogP contribution in [0.25, 0.3) is 0 Å². The maximum Gasteiger partial charge on any atom is 0.304 e. The van der Waals surface area contributed by atoms with Gasteiger partial charge in [-0.25, -0.2) is 4.98 Å². The summed E-state index contributed by atoms with van der Waals surface area (Å²) >= 11 is 6.63. The Morgan fingerprint density at radius 2 is 2.11 bits per heavy atom. The van der Waals surface area contributed by atoms with Gasteiger partial charge in [-0.3, -0.25) is 4.79 Å². The number of benzene rings is 2. The number of hydrogen-bond acceptors (Lipinski definition) is 8. The Labute approximate surface area is 226 Å². The number of hydrogen-bond donors (Lipinski definition) is 2. The summed E-state index contributed by atoms with van der Waals surface area (Å²) in [5, 5.41) is 13.4. The van der Waals surface area contributed by atoms with Gasteiger partial charge in [-0.15, -0.1) is 0 Å². The van der Waals surface area contributed by atoms with Gasteiger partial charge in [0.05, 0.1) is 31.5 Å². The Balaban J connectivity index is 1.35. The van der Waals surface area contributed by atoms with Crippen LogP contribution in [0.2, 0.25) is 5.02 Å². The van der Waals surface area contributed by atoms with Crippen molar-refractivity contribution in [3.05, 3.63) is 64.3 Å². The van der Waals surface area contributed by atoms with Crippen molar-refractivity contribution in [1.82, 2.24) is 14.9 Å². The number of para-hydroxylation sites is 1. The molecule has 1 fully saturated rings. The van der Waals surface area contributed by atoms with Crippen molar-refractivity contribution in [2.45, 2.75) is 37.8 Å². The number of rotatable bonds is 7. The molecular formula is C28H30ClN5O4. The number of carboxylic acid groups (broad SMARTS) is 1. The SMILES string of the molecule is CN1CCc2cc(OC3COC3)c(Nc3ncc(Cl)c(N4CC(C)(CC(=O)O)c5ccccc54)n3)cc2C1. The zero-order chi connectivity index (χ0) is 26.4. The van der Waals surface area contributed by atoms with Crippen molar-refractivity contribution >= 4 is 40.7 Å². The number of aliphatic carboxylic acids is 1. The zero-order valence-corrected chi connectivity index (χ0v) is 22.2. The van der Waals surface area contributed by atoms with Crippen molar-refractivity contribution in [3.63, 3.8) is 0 Å². The monoisotopic (exact) mass is 535 g/mol. The molecule has 10 heteroatoms. The van der Waals surface area contributed by atoms with Gasteiger partial charge >= 0.3 is 5.97 Å². The van der Waals surface area contributed by atoms with E-state index in [1.165, 1.54) is 11.1 Å². The Morgan fingerprint density at radius 1 is 1.29 bits per heavy atom. The van der Waals surface area contributed by atoms with Crippen molar-refractivity contribution in [2.75, 3.05) is 43.6 Å². The van der Waals surface area contributed by atoms with E-state index in [1.54, 1.807) is 6.20 Å². The standard InChI is InChI=1S/C28H30ClN5O4/c1-28(11-25(35)36)16-34(23-6-4-3-5-20(23)28)26-21(29)12-30-27(32-26)31-22-9-18-13-33(2)8-7-17(18)10-24(22)38-19-14-37-15-19/h3-6,9-10,12,19H,7-8,11,13-16H2,1-2H3,(H,35,36)(H,30,31,32). The van der Waals surface area contributed by atoms with E-state index in [0.717, 1.165) is 42.2 Å². The summed E-state index contributed by atoms with van der Waals surface area (Å²) in [7, 11) is 2.12. The first-order valence-electron chi connectivity index (χ1n) is 12.8. The van der Waals surface area contributed by atoms with Gasteiger partial charge in [-0.05, 0) is 48.4 Å². The van der Waals surface area contributed by atoms with Gasteiger partial charge in [0.1, 0.15) is 16.9 Å². The van der Waals surface area contributed by atoms with E-state index in [1.807, 2.05) is 36.1 Å². The van der Waals surface area contributed by atoms with Crippen LogP contribution in [-0.4, -0.2) is 65.4 Å². The Morgan fingerprint density at radius 3 is 2.87 bits per heavy atom. The van der Waals surface area contributed by atoms with Crippen LogP contribution in [-0.2, 0) is 27.9 Å². The van der Waals surface area contributed by atoms with Crippen LogP contribution in [0.3, 0.4) is 0 Å². The average Bonchev–Trinajstić information content (AvgIpc) is 3.14. The van der Waals surface area contributed by atoms with Crippen molar-refractivity contribution in [1.29, 1.82) is 0 Å². The highest BCUT2D eigenvalue weighted by molar-refractivity contribution is 6.33. The molecule has 9 nitrogen and oxygen atoms in total. The molecule has 0 radical (unpaired) electrons. The molecule has 0 saturated carbocycles. The van der Waals surface area contributed by atoms with E-state index in [9.17, 15) is 9.90 Å². The van der Waals surface area contributed by atoms with Gasteiger partial charge in [0.15, 0.2) is 5.82 Å². The topological polar surface area (TPSA) is 100 Å². The van der Waals surface area contributed by atoms with E-state index in [0.29, 0.717) is 36.5 Å². The predicted octanol–water partition coefficient (Wildman–Crippen LogP) is 4.52. The number of nitrogens with zero attached hydrogens (tertiary/aromatic N) is 4. The quantitative estimate of drug-likeness (QED) is 0.452. The minimum atomic E-state index is -0.845. The summed E-state index contributed by atoms with van der Waals surface area (Å²) in [6.07, 6.45) is 2.57. The molecule has 2 N–H and O–H groups in total. The molecule has 1 atom stereocenters. The number of likely N-dealkylation sites (N-methyl/N-ethyl adjacent to an activating group) is 1. The fourth-order valence-electron chi connectivity index (χ4n) is 5.53. The fraction of sp³-hybridized carbons (Fsp3) is 0.393. The molecule has 3 aliphatic rings. The smallest absolute Gasteiger partial charge is 0.304 e. The third-order valence-electron chi connectivity index (χ3n) is 7.53. The Hall–Kier alpha value is -3.40. The summed E-state index contributed by atoms with van der Waals surface area (Å²) in [6.45, 7) is 5.42. The van der Waals surface area contributed by atoms with Gasteiger partial charge in [0.2, 0.25) is 5.95 Å². The zero-order valence-electron chi connectivity index (χ0n) is 21.4. The average molecular weight is 536 g/mol. The molecule has 3 aromatic rings. The molecular weight excluding hydrogens is 506 g/mol. The van der Waals surface area contributed by atoms with Crippen LogP contribution in [0.15, 0.2) is 42.6 Å². The molecule has 198 valence electrons. The lowest BCUT2D eigenvalue weighted by Gasteiger charge is -2.30. The fourth-order valence-corrected chi connectivity index (χ4v) is 5.72. The summed E-state index contributed by atoms with van der Waals surface area (Å²) in [6, 6.07) is 12.1. The van der Waals surface area contributed by atoms with E-state index in [4.69, 9.17) is 26.1 Å². The molecule has 6 rings (SSSR count). The first-order chi connectivity index (χ1) is 18.3. The maximum atomic E-state index is 11.7. The van der Waals surface area contributed by atoms with Gasteiger partial charge in [0, 0.05) is 30.7 Å². The molecule has 2 aromatic carbocycles. The van der Waals surface area contributed by atoms with Crippen LogP contribution >= 0.6 is 11.6 Å². The molecule has 0 bridgehead atoms. The van der Waals surface area contributed by atoms with Crippen LogP contribution < -0.4 is 15.0 Å².